The molecule has 0 aliphatic heterocycles. The van der Waals surface area contributed by atoms with Crippen LogP contribution in [0.3, 0.4) is 0 Å². The Labute approximate surface area is 168 Å². The second-order valence-corrected chi connectivity index (χ2v) is 10.3. The molecule has 4 nitrogen and oxygen atoms in total. The lowest BCUT2D eigenvalue weighted by molar-refractivity contribution is -0.137. The normalized spacial score (nSPS) is 43.4. The zero-order valence-corrected chi connectivity index (χ0v) is 17.4. The molecular weight excluding hydrogens is 352 g/mol. The zero-order valence-electron chi connectivity index (χ0n) is 17.4. The number of carbonyl (C=O) groups is 2. The molecule has 4 aliphatic carbocycles. The van der Waals surface area contributed by atoms with Crippen molar-refractivity contribution in [1.82, 2.24) is 0 Å². The lowest BCUT2D eigenvalue weighted by atomic mass is 9.51. The number of aliphatic hydroxyl groups excluding tert-OH is 1. The molecule has 2 N–H and O–H groups in total. The summed E-state index contributed by atoms with van der Waals surface area (Å²) in [6.45, 7) is 6.57. The summed E-state index contributed by atoms with van der Waals surface area (Å²) in [5.41, 5.74) is 2.25. The highest BCUT2D eigenvalue weighted by Gasteiger charge is 2.58. The van der Waals surface area contributed by atoms with Crippen LogP contribution in [0.4, 0.5) is 0 Å². The largest absolute Gasteiger partial charge is 0.481 e. The van der Waals surface area contributed by atoms with Gasteiger partial charge < -0.3 is 10.2 Å². The molecule has 0 saturated heterocycles. The lowest BCUT2D eigenvalue weighted by Gasteiger charge is -2.52. The maximum Gasteiger partial charge on any atom is 0.303 e. The summed E-state index contributed by atoms with van der Waals surface area (Å²) >= 11 is 0. The highest BCUT2D eigenvalue weighted by Crippen LogP contribution is 2.63. The number of carboxylic acids is 1. The van der Waals surface area contributed by atoms with E-state index in [1.807, 2.05) is 6.08 Å². The molecule has 2 saturated carbocycles. The fourth-order valence-corrected chi connectivity index (χ4v) is 7.13. The molecule has 154 valence electrons. The third kappa shape index (κ3) is 2.82. The number of hydrogen-bond donors (Lipinski definition) is 2. The van der Waals surface area contributed by atoms with Gasteiger partial charge in [-0.25, -0.2) is 0 Å². The number of fused-ring (bicyclic) bond motifs is 5. The van der Waals surface area contributed by atoms with Gasteiger partial charge in [-0.15, -0.1) is 0 Å². The molecule has 4 heteroatoms. The van der Waals surface area contributed by atoms with Crippen LogP contribution >= 0.6 is 0 Å². The van der Waals surface area contributed by atoms with Gasteiger partial charge in [0, 0.05) is 11.8 Å². The standard InChI is InChI=1S/C24H34O4/c1-14(4-9-22(27)28)18-7-8-19-17-6-5-15-12-16(25)10-11-23(15,2)20(17)13-21(26)24(18,19)3/h6,13-16,18-19,25H,4-5,7-12H2,1-3H3,(H,27,28). The lowest BCUT2D eigenvalue weighted by Crippen LogP contribution is -2.48. The van der Waals surface area contributed by atoms with Gasteiger partial charge in [0.2, 0.25) is 0 Å². The minimum absolute atomic E-state index is 0.00726. The molecular formula is C24H34O4. The van der Waals surface area contributed by atoms with Gasteiger partial charge in [-0.3, -0.25) is 9.59 Å². The predicted molar refractivity (Wildman–Crippen MR) is 108 cm³/mol. The maximum absolute atomic E-state index is 13.5. The Hall–Kier alpha value is -1.42. The predicted octanol–water partition coefficient (Wildman–Crippen LogP) is 4.53. The Bertz CT molecular complexity index is 750. The summed E-state index contributed by atoms with van der Waals surface area (Å²) in [4.78, 5) is 24.5. The maximum atomic E-state index is 13.5. The molecule has 4 aliphatic rings. The van der Waals surface area contributed by atoms with Gasteiger partial charge in [0.1, 0.15) is 0 Å². The van der Waals surface area contributed by atoms with Crippen molar-refractivity contribution in [3.8, 4) is 0 Å². The number of rotatable bonds is 4. The first-order chi connectivity index (χ1) is 13.2. The third-order valence-corrected chi connectivity index (χ3v) is 8.95. The van der Waals surface area contributed by atoms with Crippen LogP contribution < -0.4 is 0 Å². The minimum Gasteiger partial charge on any atom is -0.481 e. The first kappa shape index (κ1) is 19.9. The van der Waals surface area contributed by atoms with E-state index in [0.717, 1.165) is 38.5 Å². The average molecular weight is 387 g/mol. The van der Waals surface area contributed by atoms with Crippen LogP contribution in [0.25, 0.3) is 0 Å². The molecule has 2 fully saturated rings. The number of aliphatic carboxylic acids is 1. The first-order valence-corrected chi connectivity index (χ1v) is 11.0. The van der Waals surface area contributed by atoms with Crippen LogP contribution in [-0.4, -0.2) is 28.1 Å². The van der Waals surface area contributed by atoms with Crippen LogP contribution in [0.1, 0.15) is 72.1 Å². The summed E-state index contributed by atoms with van der Waals surface area (Å²) in [5, 5.41) is 19.2. The molecule has 0 amide bonds. The monoisotopic (exact) mass is 386 g/mol. The molecule has 0 aromatic carbocycles. The summed E-state index contributed by atoms with van der Waals surface area (Å²) < 4.78 is 0. The van der Waals surface area contributed by atoms with E-state index in [0.29, 0.717) is 12.3 Å². The van der Waals surface area contributed by atoms with E-state index in [9.17, 15) is 14.7 Å². The van der Waals surface area contributed by atoms with Gasteiger partial charge in [0.05, 0.1) is 6.10 Å². The van der Waals surface area contributed by atoms with Crippen molar-refractivity contribution in [3.05, 3.63) is 23.3 Å². The van der Waals surface area contributed by atoms with Gasteiger partial charge in [0.15, 0.2) is 5.78 Å². The van der Waals surface area contributed by atoms with Crippen LogP contribution in [0.5, 0.6) is 0 Å². The van der Waals surface area contributed by atoms with Crippen molar-refractivity contribution < 1.29 is 19.8 Å². The van der Waals surface area contributed by atoms with Crippen LogP contribution in [0, 0.1) is 34.5 Å². The number of aliphatic hydroxyl groups is 1. The second kappa shape index (κ2) is 6.83. The summed E-state index contributed by atoms with van der Waals surface area (Å²) in [6.07, 6.45) is 10.6. The quantitative estimate of drug-likeness (QED) is 0.744. The van der Waals surface area contributed by atoms with Gasteiger partial charge in [-0.1, -0.05) is 26.8 Å². The fraction of sp³-hybridized carbons (Fsp3) is 0.750. The van der Waals surface area contributed by atoms with E-state index in [1.165, 1.54) is 11.1 Å². The second-order valence-electron chi connectivity index (χ2n) is 10.3. The van der Waals surface area contributed by atoms with E-state index in [-0.39, 0.29) is 41.5 Å². The Balaban J connectivity index is 1.66. The van der Waals surface area contributed by atoms with Crippen molar-refractivity contribution >= 4 is 11.8 Å². The van der Waals surface area contributed by atoms with Gasteiger partial charge in [0.25, 0.3) is 0 Å². The van der Waals surface area contributed by atoms with E-state index >= 15 is 0 Å². The highest BCUT2D eigenvalue weighted by atomic mass is 16.4. The van der Waals surface area contributed by atoms with Crippen LogP contribution in [0.2, 0.25) is 0 Å². The Kier molecular flexibility index (Phi) is 4.85. The molecule has 7 unspecified atom stereocenters. The molecule has 7 atom stereocenters. The van der Waals surface area contributed by atoms with E-state index in [4.69, 9.17) is 5.11 Å². The van der Waals surface area contributed by atoms with Crippen molar-refractivity contribution in [2.45, 2.75) is 78.2 Å². The van der Waals surface area contributed by atoms with Gasteiger partial charge in [-0.2, -0.15) is 0 Å². The molecule has 0 radical (unpaired) electrons. The minimum atomic E-state index is -0.753. The van der Waals surface area contributed by atoms with E-state index in [1.54, 1.807) is 0 Å². The topological polar surface area (TPSA) is 74.6 Å². The molecule has 0 aromatic rings. The Morgan fingerprint density at radius 3 is 2.75 bits per heavy atom. The van der Waals surface area contributed by atoms with Gasteiger partial charge in [-0.05, 0) is 91.3 Å². The van der Waals surface area contributed by atoms with Crippen molar-refractivity contribution in [1.29, 1.82) is 0 Å². The number of hydrogen-bond acceptors (Lipinski definition) is 3. The smallest absolute Gasteiger partial charge is 0.303 e. The van der Waals surface area contributed by atoms with Crippen LogP contribution in [-0.2, 0) is 9.59 Å². The van der Waals surface area contributed by atoms with Crippen molar-refractivity contribution in [2.75, 3.05) is 0 Å². The molecule has 28 heavy (non-hydrogen) atoms. The zero-order chi connectivity index (χ0) is 20.3. The number of ketones is 1. The number of allylic oxidation sites excluding steroid dienone is 4. The first-order valence-electron chi connectivity index (χ1n) is 11.0. The number of carbonyl (C=O) groups excluding carboxylic acids is 1. The molecule has 0 spiro atoms. The molecule has 4 rings (SSSR count). The Morgan fingerprint density at radius 2 is 2.04 bits per heavy atom. The van der Waals surface area contributed by atoms with Crippen LogP contribution in [0.15, 0.2) is 23.3 Å². The third-order valence-electron chi connectivity index (χ3n) is 8.95. The van der Waals surface area contributed by atoms with Crippen molar-refractivity contribution in [3.63, 3.8) is 0 Å². The fourth-order valence-electron chi connectivity index (χ4n) is 7.13. The highest BCUT2D eigenvalue weighted by molar-refractivity contribution is 5.99. The summed E-state index contributed by atoms with van der Waals surface area (Å²) in [7, 11) is 0. The number of carboxylic acid groups (broad SMARTS) is 1. The summed E-state index contributed by atoms with van der Waals surface area (Å²) in [5.74, 6) is 0.681. The Morgan fingerprint density at radius 1 is 1.29 bits per heavy atom. The van der Waals surface area contributed by atoms with E-state index < -0.39 is 11.4 Å². The van der Waals surface area contributed by atoms with Gasteiger partial charge >= 0.3 is 5.97 Å². The average Bonchev–Trinajstić information content (AvgIpc) is 3.00. The molecule has 0 heterocycles. The SMILES string of the molecule is CC(CCC(=O)O)C1CCC2C3=CCC4CC(O)CCC4(C)C3=CC(=O)C21C. The van der Waals surface area contributed by atoms with Crippen molar-refractivity contribution in [2.24, 2.45) is 34.5 Å². The molecule has 0 bridgehead atoms. The molecule has 0 aromatic heterocycles. The van der Waals surface area contributed by atoms with E-state index in [2.05, 4.69) is 26.8 Å². The summed E-state index contributed by atoms with van der Waals surface area (Å²) in [6, 6.07) is 0.